The van der Waals surface area contributed by atoms with Crippen LogP contribution in [-0.4, -0.2) is 94.6 Å². The number of methoxy groups -OCH3 is 1. The summed E-state index contributed by atoms with van der Waals surface area (Å²) in [6.07, 6.45) is 5.66. The number of aryl methyl sites for hydroxylation is 3. The van der Waals surface area contributed by atoms with Gasteiger partial charge >= 0.3 is 0 Å². The van der Waals surface area contributed by atoms with Crippen molar-refractivity contribution >= 4 is 24.2 Å². The third-order valence-electron chi connectivity index (χ3n) is 8.20. The molecule has 0 radical (unpaired) electrons. The van der Waals surface area contributed by atoms with Crippen molar-refractivity contribution in [2.75, 3.05) is 33.8 Å². The van der Waals surface area contributed by atoms with Crippen LogP contribution in [0.15, 0.2) is 54.9 Å². The van der Waals surface area contributed by atoms with Gasteiger partial charge in [-0.05, 0) is 48.2 Å². The van der Waals surface area contributed by atoms with Gasteiger partial charge in [-0.1, -0.05) is 25.1 Å². The lowest BCUT2D eigenvalue weighted by Gasteiger charge is -2.39. The molecule has 3 aliphatic rings. The van der Waals surface area contributed by atoms with Crippen LogP contribution in [0, 0.1) is 0 Å². The van der Waals surface area contributed by atoms with E-state index in [1.165, 1.54) is 4.90 Å². The molecule has 3 aromatic rings. The summed E-state index contributed by atoms with van der Waals surface area (Å²) in [7, 11) is 3.21. The van der Waals surface area contributed by atoms with E-state index >= 15 is 0 Å². The van der Waals surface area contributed by atoms with E-state index in [0.29, 0.717) is 56.1 Å². The van der Waals surface area contributed by atoms with Crippen molar-refractivity contribution in [3.8, 4) is 17.2 Å². The second-order valence-electron chi connectivity index (χ2n) is 11.4. The Kier molecular flexibility index (Phi) is 12.7. The summed E-state index contributed by atoms with van der Waals surface area (Å²) < 4.78 is 20.1. The molecule has 13 nitrogen and oxygen atoms in total. The fourth-order valence-corrected chi connectivity index (χ4v) is 5.69. The lowest BCUT2D eigenvalue weighted by molar-refractivity contribution is -0.139. The fourth-order valence-electron chi connectivity index (χ4n) is 5.69. The second-order valence-corrected chi connectivity index (χ2v) is 11.4. The number of nitrogens with one attached hydrogen (secondary N) is 1. The SMILES string of the molecule is CCc1nccn1CCC(=O)N1CC[C@@H]2NC(=O)CN(C)C(=O)CCc3ccc(c(OC)c3)Oc3cccc(c3)CO[C@H]2C1.O=CO. The predicted molar refractivity (Wildman–Crippen MR) is 172 cm³/mol. The summed E-state index contributed by atoms with van der Waals surface area (Å²) >= 11 is 0. The monoisotopic (exact) mass is 649 g/mol. The Bertz CT molecular complexity index is 1530. The van der Waals surface area contributed by atoms with E-state index < -0.39 is 6.10 Å². The number of likely N-dealkylation sites (tertiary alicyclic amines) is 1. The number of hydrogen-bond acceptors (Lipinski definition) is 8. The molecule has 6 rings (SSSR count). The minimum absolute atomic E-state index is 0.0326. The molecule has 47 heavy (non-hydrogen) atoms. The average Bonchev–Trinajstić information content (AvgIpc) is 3.54. The third kappa shape index (κ3) is 9.79. The lowest BCUT2D eigenvalue weighted by Crippen LogP contribution is -2.57. The summed E-state index contributed by atoms with van der Waals surface area (Å²) in [6.45, 7) is 3.41. The average molecular weight is 650 g/mol. The first-order valence-electron chi connectivity index (χ1n) is 15.7. The molecule has 2 aromatic carbocycles. The standard InChI is InChI=1S/C33H41N5O6.CH2O2/c1-4-30-34-14-17-37(30)16-13-33(41)38-15-12-26-29(20-38)43-22-24-6-5-7-25(18-24)44-27-10-8-23(19-28(27)42-3)9-11-32(40)36(2)21-31(39)35-26;2-1-3/h5-8,10,14,17-19,26,29H,4,9,11-13,15-16,20-22H2,1-3H3,(H,35,39);1H,(H,2,3)/t26-,29-;/m0./s1. The Hall–Kier alpha value is -4.91. The molecule has 13 heteroatoms. The van der Waals surface area contributed by atoms with Gasteiger partial charge in [0.2, 0.25) is 17.7 Å². The minimum Gasteiger partial charge on any atom is -0.493 e. The van der Waals surface area contributed by atoms with Crippen LogP contribution in [0.4, 0.5) is 0 Å². The number of carboxylic acid groups (broad SMARTS) is 1. The van der Waals surface area contributed by atoms with Gasteiger partial charge in [0.1, 0.15) is 11.6 Å². The highest BCUT2D eigenvalue weighted by Gasteiger charge is 2.33. The quantitative estimate of drug-likeness (QED) is 0.397. The number of piperidine rings is 1. The Labute approximate surface area is 274 Å². The van der Waals surface area contributed by atoms with E-state index in [-0.39, 0.29) is 49.8 Å². The highest BCUT2D eigenvalue weighted by molar-refractivity contribution is 5.85. The molecule has 0 saturated carbocycles. The van der Waals surface area contributed by atoms with Gasteiger partial charge in [-0.3, -0.25) is 19.2 Å². The van der Waals surface area contributed by atoms with Gasteiger partial charge in [-0.25, -0.2) is 4.98 Å². The molecule has 0 spiro atoms. The number of aromatic nitrogens is 2. The third-order valence-corrected chi connectivity index (χ3v) is 8.20. The zero-order chi connectivity index (χ0) is 33.8. The van der Waals surface area contributed by atoms with E-state index in [0.717, 1.165) is 23.4 Å². The number of fused-ring (bicyclic) bond motifs is 9. The number of ether oxygens (including phenoxy) is 3. The molecule has 2 atom stereocenters. The van der Waals surface area contributed by atoms with Gasteiger partial charge in [-0.15, -0.1) is 0 Å². The van der Waals surface area contributed by atoms with E-state index in [4.69, 9.17) is 24.1 Å². The van der Waals surface area contributed by atoms with Crippen LogP contribution >= 0.6 is 0 Å². The van der Waals surface area contributed by atoms with Gasteiger partial charge in [0.15, 0.2) is 11.5 Å². The van der Waals surface area contributed by atoms with Crippen molar-refractivity contribution in [1.82, 2.24) is 24.7 Å². The van der Waals surface area contributed by atoms with Crippen LogP contribution in [-0.2, 0) is 49.9 Å². The summed E-state index contributed by atoms with van der Waals surface area (Å²) in [4.78, 5) is 55.2. The van der Waals surface area contributed by atoms with E-state index in [9.17, 15) is 14.4 Å². The number of nitrogens with zero attached hydrogens (tertiary/aromatic N) is 4. The first-order chi connectivity index (χ1) is 22.7. The zero-order valence-corrected chi connectivity index (χ0v) is 27.1. The van der Waals surface area contributed by atoms with E-state index in [1.807, 2.05) is 65.1 Å². The van der Waals surface area contributed by atoms with E-state index in [2.05, 4.69) is 10.3 Å². The topological polar surface area (TPSA) is 153 Å². The molecular weight excluding hydrogens is 606 g/mol. The van der Waals surface area contributed by atoms with Crippen LogP contribution in [0.5, 0.6) is 17.2 Å². The largest absolute Gasteiger partial charge is 0.493 e. The minimum atomic E-state index is -0.434. The van der Waals surface area contributed by atoms with Crippen LogP contribution in [0.1, 0.15) is 43.1 Å². The molecule has 0 unspecified atom stereocenters. The molecular formula is C34H43N5O8. The Morgan fingerprint density at radius 2 is 1.98 bits per heavy atom. The predicted octanol–water partition coefficient (Wildman–Crippen LogP) is 3.04. The van der Waals surface area contributed by atoms with Crippen molar-refractivity contribution in [2.45, 2.75) is 64.3 Å². The smallest absolute Gasteiger partial charge is 0.290 e. The van der Waals surface area contributed by atoms with Gasteiger partial charge in [-0.2, -0.15) is 0 Å². The van der Waals surface area contributed by atoms with Crippen molar-refractivity contribution < 1.29 is 38.5 Å². The first kappa shape index (κ1) is 35.0. The van der Waals surface area contributed by atoms with Crippen LogP contribution in [0.2, 0.25) is 0 Å². The molecule has 252 valence electrons. The molecule has 4 bridgehead atoms. The number of hydrogen-bond donors (Lipinski definition) is 2. The Morgan fingerprint density at radius 1 is 1.17 bits per heavy atom. The normalized spacial score (nSPS) is 18.7. The molecule has 1 saturated heterocycles. The summed E-state index contributed by atoms with van der Waals surface area (Å²) in [6, 6.07) is 12.9. The van der Waals surface area contributed by atoms with Gasteiger partial charge < -0.3 is 39.0 Å². The molecule has 1 aromatic heterocycles. The van der Waals surface area contributed by atoms with E-state index in [1.54, 1.807) is 20.4 Å². The number of carbonyl (C=O) groups excluding carboxylic acids is 3. The van der Waals surface area contributed by atoms with Crippen molar-refractivity contribution in [3.63, 3.8) is 0 Å². The maximum absolute atomic E-state index is 13.3. The zero-order valence-electron chi connectivity index (χ0n) is 27.1. The molecule has 2 N–H and O–H groups in total. The van der Waals surface area contributed by atoms with Crippen molar-refractivity contribution in [1.29, 1.82) is 0 Å². The van der Waals surface area contributed by atoms with Gasteiger partial charge in [0, 0.05) is 58.3 Å². The van der Waals surface area contributed by atoms with Crippen molar-refractivity contribution in [2.24, 2.45) is 0 Å². The maximum Gasteiger partial charge on any atom is 0.290 e. The Balaban J connectivity index is 0.00000160. The van der Waals surface area contributed by atoms with Gasteiger partial charge in [0.25, 0.3) is 6.47 Å². The second kappa shape index (κ2) is 17.1. The molecule has 1 fully saturated rings. The van der Waals surface area contributed by atoms with Crippen LogP contribution in [0.25, 0.3) is 0 Å². The number of amides is 3. The highest BCUT2D eigenvalue weighted by Crippen LogP contribution is 2.33. The molecule has 4 heterocycles. The summed E-state index contributed by atoms with van der Waals surface area (Å²) in [5.74, 6) is 2.35. The summed E-state index contributed by atoms with van der Waals surface area (Å²) in [5, 5.41) is 9.97. The number of carbonyl (C=O) groups is 4. The number of rotatable bonds is 5. The number of likely N-dealkylation sites (N-methyl/N-ethyl adjacent to an activating group) is 1. The summed E-state index contributed by atoms with van der Waals surface area (Å²) in [5.41, 5.74) is 1.82. The highest BCUT2D eigenvalue weighted by atomic mass is 16.5. The first-order valence-corrected chi connectivity index (χ1v) is 15.7. The van der Waals surface area contributed by atoms with Gasteiger partial charge in [0.05, 0.1) is 32.4 Å². The van der Waals surface area contributed by atoms with Crippen molar-refractivity contribution in [3.05, 3.63) is 71.8 Å². The molecule has 3 aliphatic heterocycles. The Morgan fingerprint density at radius 3 is 2.74 bits per heavy atom. The maximum atomic E-state index is 13.3. The fraction of sp³-hybridized carbons (Fsp3) is 0.441. The lowest BCUT2D eigenvalue weighted by atomic mass is 10.0. The molecule has 3 amide bonds. The van der Waals surface area contributed by atoms with Crippen LogP contribution in [0.3, 0.4) is 0 Å². The number of benzene rings is 2. The van der Waals surface area contributed by atoms with Crippen LogP contribution < -0.4 is 14.8 Å². The number of imidazole rings is 1. The molecule has 0 aliphatic carbocycles.